The van der Waals surface area contributed by atoms with Gasteiger partial charge in [0.25, 0.3) is 0 Å². The highest BCUT2D eigenvalue weighted by atomic mass is 16.6. The van der Waals surface area contributed by atoms with Gasteiger partial charge >= 0.3 is 17.8 Å². The van der Waals surface area contributed by atoms with E-state index in [4.69, 9.17) is 9.84 Å². The number of carbonyl (C=O) groups is 1. The number of aromatic nitrogens is 1. The van der Waals surface area contributed by atoms with E-state index in [-0.39, 0.29) is 11.8 Å². The van der Waals surface area contributed by atoms with Crippen LogP contribution in [-0.2, 0) is 0 Å². The molecule has 0 radical (unpaired) electrons. The summed E-state index contributed by atoms with van der Waals surface area (Å²) in [6.45, 7) is 2.19. The quantitative estimate of drug-likeness (QED) is 0.701. The molecule has 0 atom stereocenters. The maximum atomic E-state index is 10.2. The van der Waals surface area contributed by atoms with Gasteiger partial charge in [-0.3, -0.25) is 0 Å². The van der Waals surface area contributed by atoms with Gasteiger partial charge in [-0.15, -0.1) is 0 Å². The number of carboxylic acids is 1. The molecular formula is C6H7NO4. The second-order valence-electron chi connectivity index (χ2n) is 1.72. The first-order valence-corrected chi connectivity index (χ1v) is 3.06. The van der Waals surface area contributed by atoms with Crippen molar-refractivity contribution in [1.82, 2.24) is 4.98 Å². The second kappa shape index (κ2) is 3.05. The van der Waals surface area contributed by atoms with Crippen molar-refractivity contribution in [2.75, 3.05) is 6.61 Å². The average molecular weight is 157 g/mol. The molecule has 0 amide bonds. The van der Waals surface area contributed by atoms with E-state index in [1.54, 1.807) is 6.92 Å². The Morgan fingerprint density at radius 2 is 2.64 bits per heavy atom. The van der Waals surface area contributed by atoms with E-state index in [1.165, 1.54) is 6.20 Å². The Labute approximate surface area is 62.6 Å². The van der Waals surface area contributed by atoms with Gasteiger partial charge in [-0.2, -0.15) is 0 Å². The molecule has 11 heavy (non-hydrogen) atoms. The van der Waals surface area contributed by atoms with Crippen LogP contribution in [0.1, 0.15) is 17.6 Å². The lowest BCUT2D eigenvalue weighted by Crippen LogP contribution is -1.94. The number of hydrogen-bond donors (Lipinski definition) is 1. The molecule has 0 aromatic carbocycles. The van der Waals surface area contributed by atoms with Gasteiger partial charge in [-0.25, -0.2) is 9.78 Å². The molecule has 0 aliphatic rings. The van der Waals surface area contributed by atoms with Crippen molar-refractivity contribution < 1.29 is 19.1 Å². The van der Waals surface area contributed by atoms with Crippen molar-refractivity contribution in [1.29, 1.82) is 0 Å². The third kappa shape index (κ3) is 1.70. The first kappa shape index (κ1) is 7.59. The summed E-state index contributed by atoms with van der Waals surface area (Å²) in [5.41, 5.74) is 0. The fourth-order valence-corrected chi connectivity index (χ4v) is 0.567. The number of nitrogens with zero attached hydrogens (tertiary/aromatic N) is 1. The first-order valence-electron chi connectivity index (χ1n) is 3.06. The molecule has 1 rings (SSSR count). The average Bonchev–Trinajstić information content (AvgIpc) is 2.37. The van der Waals surface area contributed by atoms with Gasteiger partial charge in [0.05, 0.1) is 6.61 Å². The van der Waals surface area contributed by atoms with E-state index in [1.807, 2.05) is 0 Å². The summed E-state index contributed by atoms with van der Waals surface area (Å²) in [6, 6.07) is 0. The topological polar surface area (TPSA) is 72.6 Å². The zero-order valence-electron chi connectivity index (χ0n) is 5.90. The summed E-state index contributed by atoms with van der Waals surface area (Å²) in [5, 5.41) is 8.35. The minimum Gasteiger partial charge on any atom is -0.474 e. The zero-order valence-corrected chi connectivity index (χ0v) is 5.90. The van der Waals surface area contributed by atoms with Crippen LogP contribution in [0, 0.1) is 0 Å². The highest BCUT2D eigenvalue weighted by Gasteiger charge is 2.10. The molecule has 5 nitrogen and oxygen atoms in total. The van der Waals surface area contributed by atoms with Gasteiger partial charge in [0.15, 0.2) is 0 Å². The lowest BCUT2D eigenvalue weighted by atomic mass is 10.7. The van der Waals surface area contributed by atoms with Crippen LogP contribution in [0.2, 0.25) is 0 Å². The van der Waals surface area contributed by atoms with Crippen LogP contribution < -0.4 is 4.74 Å². The van der Waals surface area contributed by atoms with Gasteiger partial charge < -0.3 is 14.3 Å². The number of aromatic carboxylic acids is 1. The van der Waals surface area contributed by atoms with Gasteiger partial charge in [0.2, 0.25) is 0 Å². The second-order valence-corrected chi connectivity index (χ2v) is 1.72. The number of hydrogen-bond acceptors (Lipinski definition) is 4. The Hall–Kier alpha value is -1.52. The maximum absolute atomic E-state index is 10.2. The van der Waals surface area contributed by atoms with E-state index in [9.17, 15) is 4.79 Å². The third-order valence-corrected chi connectivity index (χ3v) is 0.954. The predicted octanol–water partition coefficient (Wildman–Crippen LogP) is 0.771. The number of ether oxygens (including phenoxy) is 1. The molecule has 1 aromatic heterocycles. The summed E-state index contributed by atoms with van der Waals surface area (Å²) in [5.74, 6) is -1.42. The minimum absolute atomic E-state index is 0.130. The van der Waals surface area contributed by atoms with E-state index in [2.05, 4.69) is 9.40 Å². The Morgan fingerprint density at radius 1 is 1.91 bits per heavy atom. The van der Waals surface area contributed by atoms with E-state index < -0.39 is 5.97 Å². The Bertz CT molecular complexity index is 255. The highest BCUT2D eigenvalue weighted by molar-refractivity contribution is 5.82. The molecule has 0 fully saturated rings. The van der Waals surface area contributed by atoms with Gasteiger partial charge in [-0.05, 0) is 6.92 Å². The highest BCUT2D eigenvalue weighted by Crippen LogP contribution is 2.11. The van der Waals surface area contributed by atoms with Crippen LogP contribution in [0.4, 0.5) is 0 Å². The lowest BCUT2D eigenvalue weighted by Gasteiger charge is -1.92. The van der Waals surface area contributed by atoms with Gasteiger partial charge in [0.1, 0.15) is 6.20 Å². The number of carboxylic acid groups (broad SMARTS) is 1. The summed E-state index contributed by atoms with van der Waals surface area (Å²) in [7, 11) is 0. The molecular weight excluding hydrogens is 150 g/mol. The number of oxazole rings is 1. The normalized spacial score (nSPS) is 9.55. The Kier molecular flexibility index (Phi) is 2.10. The molecule has 0 saturated carbocycles. The molecule has 0 saturated heterocycles. The Balaban J connectivity index is 2.73. The molecule has 1 aromatic rings. The van der Waals surface area contributed by atoms with Crippen LogP contribution in [0.15, 0.2) is 10.6 Å². The van der Waals surface area contributed by atoms with Crippen molar-refractivity contribution in [3.63, 3.8) is 0 Å². The third-order valence-electron chi connectivity index (χ3n) is 0.954. The summed E-state index contributed by atoms with van der Waals surface area (Å²) in [4.78, 5) is 13.6. The summed E-state index contributed by atoms with van der Waals surface area (Å²) in [6.07, 6.45) is 1.23. The van der Waals surface area contributed by atoms with E-state index in [0.29, 0.717) is 6.61 Å². The number of rotatable bonds is 3. The maximum Gasteiger partial charge on any atom is 0.392 e. The first-order chi connectivity index (χ1) is 5.24. The van der Waals surface area contributed by atoms with Crippen LogP contribution >= 0.6 is 0 Å². The zero-order chi connectivity index (χ0) is 8.27. The monoisotopic (exact) mass is 157 g/mol. The molecule has 1 N–H and O–H groups in total. The molecule has 0 aliphatic heterocycles. The summed E-state index contributed by atoms with van der Waals surface area (Å²) < 4.78 is 9.50. The fraction of sp³-hybridized carbons (Fsp3) is 0.333. The predicted molar refractivity (Wildman–Crippen MR) is 34.6 cm³/mol. The van der Waals surface area contributed by atoms with E-state index in [0.717, 1.165) is 0 Å². The molecule has 1 heterocycles. The Morgan fingerprint density at radius 3 is 3.09 bits per heavy atom. The van der Waals surface area contributed by atoms with Crippen molar-refractivity contribution in [3.8, 4) is 5.95 Å². The van der Waals surface area contributed by atoms with Crippen LogP contribution in [-0.4, -0.2) is 22.7 Å². The molecule has 0 spiro atoms. The molecule has 0 unspecified atom stereocenters. The molecule has 5 heteroatoms. The minimum atomic E-state index is -1.20. The lowest BCUT2D eigenvalue weighted by molar-refractivity contribution is 0.0645. The van der Waals surface area contributed by atoms with Crippen molar-refractivity contribution in [3.05, 3.63) is 12.1 Å². The van der Waals surface area contributed by atoms with Gasteiger partial charge in [0, 0.05) is 0 Å². The van der Waals surface area contributed by atoms with Crippen molar-refractivity contribution in [2.24, 2.45) is 0 Å². The smallest absolute Gasteiger partial charge is 0.392 e. The molecule has 60 valence electrons. The van der Waals surface area contributed by atoms with Gasteiger partial charge in [-0.1, -0.05) is 0 Å². The SMILES string of the molecule is CCOc1cnc(C(=O)O)o1. The molecule has 0 bridgehead atoms. The van der Waals surface area contributed by atoms with Crippen LogP contribution in [0.25, 0.3) is 0 Å². The largest absolute Gasteiger partial charge is 0.474 e. The molecule has 0 aliphatic carbocycles. The standard InChI is InChI=1S/C6H7NO4/c1-2-10-4-3-7-5(11-4)6(8)9/h3H,2H2,1H3,(H,8,9). The summed E-state index contributed by atoms with van der Waals surface area (Å²) >= 11 is 0. The van der Waals surface area contributed by atoms with Crippen molar-refractivity contribution >= 4 is 5.97 Å². The van der Waals surface area contributed by atoms with Crippen molar-refractivity contribution in [2.45, 2.75) is 6.92 Å². The van der Waals surface area contributed by atoms with Crippen LogP contribution in [0.3, 0.4) is 0 Å². The van der Waals surface area contributed by atoms with Crippen LogP contribution in [0.5, 0.6) is 5.95 Å². The fourth-order valence-electron chi connectivity index (χ4n) is 0.567. The van der Waals surface area contributed by atoms with E-state index >= 15 is 0 Å².